The van der Waals surface area contributed by atoms with Crippen LogP contribution >= 0.6 is 0 Å². The van der Waals surface area contributed by atoms with Crippen molar-refractivity contribution in [3.8, 4) is 0 Å². The van der Waals surface area contributed by atoms with E-state index >= 15 is 0 Å². The third kappa shape index (κ3) is 8.81. The van der Waals surface area contributed by atoms with Gasteiger partial charge in [0.2, 0.25) is 0 Å². The minimum atomic E-state index is -1.80. The van der Waals surface area contributed by atoms with Crippen LogP contribution in [0.2, 0.25) is 0 Å². The molecule has 0 spiro atoms. The SMILES string of the molecule is NC[C@@H]1O[C@H](O[C@H]2[C@@H](O)[C@H](O[C@@H]3[C@@H](O)[C@H](N)C[C@H](N)[C@H]3O[C@H]3O[C@H](CN)[C@@H](O)[C@H](O)[C@H]3N)O[C@@H]2CO[C@@H]2O[C@H](CO)[C@@H](O)[C@H](O)[C@H]2O)[C@H](N)[C@@H](O)[C@@H]1O. The van der Waals surface area contributed by atoms with Crippen molar-refractivity contribution in [2.45, 2.75) is 153 Å². The van der Waals surface area contributed by atoms with Gasteiger partial charge in [-0.2, -0.15) is 0 Å². The summed E-state index contributed by atoms with van der Waals surface area (Å²) >= 11 is 0. The van der Waals surface area contributed by atoms with Gasteiger partial charge in [-0.25, -0.2) is 0 Å². The van der Waals surface area contributed by atoms with Crippen molar-refractivity contribution in [1.82, 2.24) is 0 Å². The van der Waals surface area contributed by atoms with Crippen LogP contribution in [0.15, 0.2) is 0 Å². The highest BCUT2D eigenvalue weighted by atomic mass is 16.8. The second-order valence-corrected chi connectivity index (χ2v) is 14.1. The lowest BCUT2D eigenvalue weighted by Gasteiger charge is -2.47. The van der Waals surface area contributed by atoms with Gasteiger partial charge in [0.1, 0.15) is 91.6 Å². The molecule has 5 aliphatic rings. The molecule has 1 saturated carbocycles. The summed E-state index contributed by atoms with van der Waals surface area (Å²) in [6.07, 6.45) is -29.8. The molecule has 0 amide bonds. The second-order valence-electron chi connectivity index (χ2n) is 14.1. The zero-order valence-electron chi connectivity index (χ0n) is 28.6. The third-order valence-electron chi connectivity index (χ3n) is 10.5. The predicted molar refractivity (Wildman–Crippen MR) is 171 cm³/mol. The third-order valence-corrected chi connectivity index (χ3v) is 10.5. The zero-order valence-corrected chi connectivity index (χ0v) is 28.6. The lowest BCUT2D eigenvalue weighted by Crippen LogP contribution is -2.68. The molecule has 5 rings (SSSR count). The molecule has 0 aromatic rings. The van der Waals surface area contributed by atoms with Gasteiger partial charge >= 0.3 is 0 Å². The minimum Gasteiger partial charge on any atom is -0.394 e. The standard InChI is InChI=1S/C29H56N6O18/c30-2-8-15(38)18(41)12(34)26(47-8)51-23-7(33)1-6(32)14(37)25(23)53-29-22(45)24(52-27-13(35)19(42)16(39)9(3-31)48-27)11(50-29)5-46-28-21(44)20(43)17(40)10(4-36)49-28/h6-29,36-45H,1-5,30-35H2/t6-,7+,8-,9+,10-,11-,12-,13-,14+,15-,16-,17-,18-,19-,20+,21-,22-,23-,24-,25-,26-,27-,28-,29+/m1/s1. The van der Waals surface area contributed by atoms with E-state index in [9.17, 15) is 51.1 Å². The van der Waals surface area contributed by atoms with Crippen LogP contribution < -0.4 is 34.4 Å². The first-order chi connectivity index (χ1) is 25.0. The largest absolute Gasteiger partial charge is 0.394 e. The fraction of sp³-hybridized carbons (Fsp3) is 1.00. The molecule has 4 heterocycles. The fourth-order valence-corrected chi connectivity index (χ4v) is 7.12. The summed E-state index contributed by atoms with van der Waals surface area (Å²) in [7, 11) is 0. The highest BCUT2D eigenvalue weighted by Gasteiger charge is 2.55. The summed E-state index contributed by atoms with van der Waals surface area (Å²) in [6, 6.07) is -4.58. The Balaban J connectivity index is 1.37. The first kappa shape index (κ1) is 43.2. The van der Waals surface area contributed by atoms with Crippen molar-refractivity contribution >= 4 is 0 Å². The van der Waals surface area contributed by atoms with Crippen LogP contribution in [0.4, 0.5) is 0 Å². The Morgan fingerprint density at radius 2 is 0.925 bits per heavy atom. The van der Waals surface area contributed by atoms with E-state index in [-0.39, 0.29) is 19.5 Å². The molecule has 0 aromatic carbocycles. The molecule has 4 aliphatic heterocycles. The molecule has 310 valence electrons. The van der Waals surface area contributed by atoms with Crippen molar-refractivity contribution in [3.05, 3.63) is 0 Å². The minimum absolute atomic E-state index is 0.0158. The molecule has 53 heavy (non-hydrogen) atoms. The number of ether oxygens (including phenoxy) is 8. The van der Waals surface area contributed by atoms with E-state index in [0.717, 1.165) is 0 Å². The lowest BCUT2D eigenvalue weighted by atomic mass is 9.84. The van der Waals surface area contributed by atoms with Crippen molar-refractivity contribution in [2.24, 2.45) is 34.4 Å². The van der Waals surface area contributed by atoms with Gasteiger partial charge in [0.25, 0.3) is 0 Å². The molecule has 0 bridgehead atoms. The van der Waals surface area contributed by atoms with Crippen molar-refractivity contribution in [1.29, 1.82) is 0 Å². The summed E-state index contributed by atoms with van der Waals surface area (Å²) in [6.45, 7) is -1.78. The Bertz CT molecular complexity index is 1160. The highest BCUT2D eigenvalue weighted by molar-refractivity contribution is 5.02. The number of hydrogen-bond acceptors (Lipinski definition) is 24. The average Bonchev–Trinajstić information content (AvgIpc) is 3.43. The van der Waals surface area contributed by atoms with Crippen molar-refractivity contribution in [3.63, 3.8) is 0 Å². The van der Waals surface area contributed by atoms with Gasteiger partial charge in [0, 0.05) is 25.2 Å². The lowest BCUT2D eigenvalue weighted by molar-refractivity contribution is -0.315. The molecule has 24 nitrogen and oxygen atoms in total. The van der Waals surface area contributed by atoms with Crippen LogP contribution in [0.25, 0.3) is 0 Å². The Morgan fingerprint density at radius 3 is 1.45 bits per heavy atom. The Morgan fingerprint density at radius 1 is 0.453 bits per heavy atom. The van der Waals surface area contributed by atoms with Crippen LogP contribution in [-0.4, -0.2) is 224 Å². The molecule has 24 atom stereocenters. The quantitative estimate of drug-likeness (QED) is 0.0874. The maximum atomic E-state index is 11.6. The molecule has 0 radical (unpaired) electrons. The number of aliphatic hydroxyl groups is 10. The summed E-state index contributed by atoms with van der Waals surface area (Å²) < 4.78 is 46.6. The smallest absolute Gasteiger partial charge is 0.187 e. The van der Waals surface area contributed by atoms with Crippen LogP contribution in [-0.2, 0) is 37.9 Å². The molecule has 0 unspecified atom stereocenters. The Kier molecular flexibility index (Phi) is 14.7. The second kappa shape index (κ2) is 18.1. The van der Waals surface area contributed by atoms with E-state index in [4.69, 9.17) is 72.3 Å². The van der Waals surface area contributed by atoms with Gasteiger partial charge in [-0.1, -0.05) is 0 Å². The number of aliphatic hydroxyl groups excluding tert-OH is 10. The summed E-state index contributed by atoms with van der Waals surface area (Å²) in [5.41, 5.74) is 36.1. The molecule has 24 heteroatoms. The number of hydrogen-bond donors (Lipinski definition) is 16. The maximum Gasteiger partial charge on any atom is 0.187 e. The van der Waals surface area contributed by atoms with Crippen molar-refractivity contribution in [2.75, 3.05) is 26.3 Å². The highest BCUT2D eigenvalue weighted by Crippen LogP contribution is 2.35. The monoisotopic (exact) mass is 776 g/mol. The first-order valence-electron chi connectivity index (χ1n) is 17.4. The molecule has 4 saturated heterocycles. The molecule has 1 aliphatic carbocycles. The normalized spacial score (nSPS) is 53.9. The molecule has 0 aromatic heterocycles. The van der Waals surface area contributed by atoms with E-state index in [2.05, 4.69) is 0 Å². The maximum absolute atomic E-state index is 11.6. The Hall–Kier alpha value is -0.960. The van der Waals surface area contributed by atoms with E-state index in [1.54, 1.807) is 0 Å². The van der Waals surface area contributed by atoms with Gasteiger partial charge in [-0.05, 0) is 6.42 Å². The van der Waals surface area contributed by atoms with Crippen LogP contribution in [0, 0.1) is 0 Å². The fourth-order valence-electron chi connectivity index (χ4n) is 7.12. The van der Waals surface area contributed by atoms with Gasteiger partial charge in [-0.3, -0.25) is 0 Å². The van der Waals surface area contributed by atoms with Crippen molar-refractivity contribution < 1.29 is 89.0 Å². The van der Waals surface area contributed by atoms with E-state index < -0.39 is 160 Å². The zero-order chi connectivity index (χ0) is 39.0. The van der Waals surface area contributed by atoms with E-state index in [0.29, 0.717) is 0 Å². The summed E-state index contributed by atoms with van der Waals surface area (Å²) in [5, 5.41) is 105. The van der Waals surface area contributed by atoms with Crippen LogP contribution in [0.1, 0.15) is 6.42 Å². The average molecular weight is 777 g/mol. The van der Waals surface area contributed by atoms with Gasteiger partial charge in [0.15, 0.2) is 25.2 Å². The van der Waals surface area contributed by atoms with Gasteiger partial charge in [0.05, 0.1) is 31.4 Å². The molecule has 22 N–H and O–H groups in total. The molecular formula is C29H56N6O18. The first-order valence-corrected chi connectivity index (χ1v) is 17.4. The van der Waals surface area contributed by atoms with Crippen LogP contribution in [0.3, 0.4) is 0 Å². The Labute approximate surface area is 303 Å². The number of rotatable bonds is 12. The van der Waals surface area contributed by atoms with Gasteiger partial charge in [-0.15, -0.1) is 0 Å². The van der Waals surface area contributed by atoms with E-state index in [1.807, 2.05) is 0 Å². The molecule has 5 fully saturated rings. The van der Waals surface area contributed by atoms with Crippen LogP contribution in [0.5, 0.6) is 0 Å². The predicted octanol–water partition coefficient (Wildman–Crippen LogP) is -11.1. The number of nitrogens with two attached hydrogens (primary N) is 6. The summed E-state index contributed by atoms with van der Waals surface area (Å²) in [5.74, 6) is 0. The molecular weight excluding hydrogens is 720 g/mol. The van der Waals surface area contributed by atoms with Gasteiger partial charge < -0.3 is 123 Å². The van der Waals surface area contributed by atoms with E-state index in [1.165, 1.54) is 0 Å². The topological polar surface area (TPSA) is 432 Å². The summed E-state index contributed by atoms with van der Waals surface area (Å²) in [4.78, 5) is 0.